The molecular weight excluding hydrogens is 220 g/mol. The predicted molar refractivity (Wildman–Crippen MR) is 69.3 cm³/mol. The van der Waals surface area contributed by atoms with Gasteiger partial charge in [-0.25, -0.2) is 4.98 Å². The first-order chi connectivity index (χ1) is 7.84. The van der Waals surface area contributed by atoms with Gasteiger partial charge in [0.1, 0.15) is 0 Å². The number of anilines is 1. The van der Waals surface area contributed by atoms with Gasteiger partial charge in [0.15, 0.2) is 5.13 Å². The standard InChI is InChI=1S/C11H20N4S/c1-10-9-16-11(14-10)13-3-2-6-15-7-4-12-5-8-15/h9,12H,2-8H2,1H3,(H,13,14). The van der Waals surface area contributed by atoms with Crippen LogP contribution in [0, 0.1) is 6.92 Å². The van der Waals surface area contributed by atoms with E-state index < -0.39 is 0 Å². The van der Waals surface area contributed by atoms with Crippen LogP contribution in [0.3, 0.4) is 0 Å². The average Bonchev–Trinajstić information content (AvgIpc) is 2.72. The fourth-order valence-corrected chi connectivity index (χ4v) is 2.58. The van der Waals surface area contributed by atoms with Gasteiger partial charge in [0.25, 0.3) is 0 Å². The Labute approximate surface area is 101 Å². The quantitative estimate of drug-likeness (QED) is 0.758. The zero-order chi connectivity index (χ0) is 11.2. The zero-order valence-corrected chi connectivity index (χ0v) is 10.6. The van der Waals surface area contributed by atoms with Gasteiger partial charge in [0.2, 0.25) is 0 Å². The van der Waals surface area contributed by atoms with E-state index in [1.807, 2.05) is 6.92 Å². The molecule has 2 rings (SSSR count). The lowest BCUT2D eigenvalue weighted by molar-refractivity contribution is 0.240. The Morgan fingerprint density at radius 1 is 1.50 bits per heavy atom. The summed E-state index contributed by atoms with van der Waals surface area (Å²) in [4.78, 5) is 6.90. The largest absolute Gasteiger partial charge is 0.361 e. The van der Waals surface area contributed by atoms with Crippen LogP contribution in [-0.2, 0) is 0 Å². The molecule has 0 spiro atoms. The molecule has 0 amide bonds. The van der Waals surface area contributed by atoms with Crippen LogP contribution in [0.25, 0.3) is 0 Å². The second kappa shape index (κ2) is 6.18. The third-order valence-corrected chi connectivity index (χ3v) is 3.67. The van der Waals surface area contributed by atoms with Gasteiger partial charge in [0, 0.05) is 38.1 Å². The highest BCUT2D eigenvalue weighted by molar-refractivity contribution is 7.13. The number of nitrogens with zero attached hydrogens (tertiary/aromatic N) is 2. The highest BCUT2D eigenvalue weighted by atomic mass is 32.1. The summed E-state index contributed by atoms with van der Waals surface area (Å²) in [5, 5.41) is 9.87. The van der Waals surface area contributed by atoms with E-state index in [9.17, 15) is 0 Å². The summed E-state index contributed by atoms with van der Waals surface area (Å²) >= 11 is 1.69. The van der Waals surface area contributed by atoms with Crippen molar-refractivity contribution in [1.29, 1.82) is 0 Å². The Morgan fingerprint density at radius 2 is 2.31 bits per heavy atom. The van der Waals surface area contributed by atoms with E-state index in [4.69, 9.17) is 0 Å². The van der Waals surface area contributed by atoms with Crippen molar-refractivity contribution in [3.05, 3.63) is 11.1 Å². The molecule has 0 atom stereocenters. The van der Waals surface area contributed by atoms with Crippen LogP contribution in [0.1, 0.15) is 12.1 Å². The van der Waals surface area contributed by atoms with Crippen LogP contribution < -0.4 is 10.6 Å². The number of nitrogens with one attached hydrogen (secondary N) is 2. The minimum Gasteiger partial charge on any atom is -0.361 e. The topological polar surface area (TPSA) is 40.2 Å². The van der Waals surface area contributed by atoms with Crippen LogP contribution in [0.5, 0.6) is 0 Å². The van der Waals surface area contributed by atoms with Gasteiger partial charge in [-0.15, -0.1) is 11.3 Å². The molecule has 0 saturated carbocycles. The van der Waals surface area contributed by atoms with Gasteiger partial charge in [-0.2, -0.15) is 0 Å². The van der Waals surface area contributed by atoms with Crippen LogP contribution in [0.15, 0.2) is 5.38 Å². The molecule has 1 saturated heterocycles. The van der Waals surface area contributed by atoms with Gasteiger partial charge in [0.05, 0.1) is 5.69 Å². The molecule has 4 nitrogen and oxygen atoms in total. The molecule has 0 bridgehead atoms. The molecule has 1 aromatic rings. The first-order valence-electron chi connectivity index (χ1n) is 5.94. The van der Waals surface area contributed by atoms with Gasteiger partial charge in [-0.05, 0) is 19.9 Å². The van der Waals surface area contributed by atoms with Gasteiger partial charge < -0.3 is 15.5 Å². The van der Waals surface area contributed by atoms with Crippen LogP contribution in [-0.4, -0.2) is 49.2 Å². The molecule has 0 unspecified atom stereocenters. The molecule has 1 aromatic heterocycles. The van der Waals surface area contributed by atoms with Crippen LogP contribution >= 0.6 is 11.3 Å². The molecule has 1 aliphatic heterocycles. The van der Waals surface area contributed by atoms with Crippen LogP contribution in [0.2, 0.25) is 0 Å². The lowest BCUT2D eigenvalue weighted by Gasteiger charge is -2.26. The fraction of sp³-hybridized carbons (Fsp3) is 0.727. The van der Waals surface area contributed by atoms with E-state index >= 15 is 0 Å². The average molecular weight is 240 g/mol. The smallest absolute Gasteiger partial charge is 0.182 e. The Morgan fingerprint density at radius 3 is 3.00 bits per heavy atom. The maximum absolute atomic E-state index is 4.38. The minimum atomic E-state index is 1.02. The monoisotopic (exact) mass is 240 g/mol. The summed E-state index contributed by atoms with van der Waals surface area (Å²) in [5.41, 5.74) is 1.11. The van der Waals surface area contributed by atoms with Crippen molar-refractivity contribution in [2.75, 3.05) is 44.6 Å². The van der Waals surface area contributed by atoms with Crippen molar-refractivity contribution in [2.24, 2.45) is 0 Å². The van der Waals surface area contributed by atoms with Crippen molar-refractivity contribution < 1.29 is 0 Å². The first kappa shape index (κ1) is 11.8. The Kier molecular flexibility index (Phi) is 4.56. The maximum Gasteiger partial charge on any atom is 0.182 e. The molecule has 16 heavy (non-hydrogen) atoms. The van der Waals surface area contributed by atoms with E-state index in [2.05, 4.69) is 25.9 Å². The first-order valence-corrected chi connectivity index (χ1v) is 6.81. The Balaban J connectivity index is 1.57. The van der Waals surface area contributed by atoms with E-state index in [1.165, 1.54) is 26.1 Å². The third-order valence-electron chi connectivity index (χ3n) is 2.76. The number of aryl methyl sites for hydroxylation is 1. The second-order valence-corrected chi connectivity index (χ2v) is 5.02. The normalized spacial score (nSPS) is 17.6. The fourth-order valence-electron chi connectivity index (χ4n) is 1.87. The van der Waals surface area contributed by atoms with Crippen molar-refractivity contribution in [3.8, 4) is 0 Å². The Hall–Kier alpha value is -0.650. The SMILES string of the molecule is Cc1csc(NCCCN2CCNCC2)n1. The van der Waals surface area contributed by atoms with Crippen LogP contribution in [0.4, 0.5) is 5.13 Å². The van der Waals surface area contributed by atoms with Crippen molar-refractivity contribution >= 4 is 16.5 Å². The summed E-state index contributed by atoms with van der Waals surface area (Å²) in [7, 11) is 0. The summed E-state index contributed by atoms with van der Waals surface area (Å²) in [6.07, 6.45) is 1.19. The summed E-state index contributed by atoms with van der Waals surface area (Å²) in [6.45, 7) is 8.91. The van der Waals surface area contributed by atoms with E-state index in [-0.39, 0.29) is 0 Å². The number of aromatic nitrogens is 1. The van der Waals surface area contributed by atoms with E-state index in [1.54, 1.807) is 11.3 Å². The summed E-state index contributed by atoms with van der Waals surface area (Å²) < 4.78 is 0. The zero-order valence-electron chi connectivity index (χ0n) is 9.83. The summed E-state index contributed by atoms with van der Waals surface area (Å²) in [5.74, 6) is 0. The lowest BCUT2D eigenvalue weighted by atomic mass is 10.3. The maximum atomic E-state index is 4.38. The molecule has 90 valence electrons. The molecule has 0 aromatic carbocycles. The van der Waals surface area contributed by atoms with Gasteiger partial charge in [-0.1, -0.05) is 0 Å². The molecule has 2 N–H and O–H groups in total. The van der Waals surface area contributed by atoms with E-state index in [0.29, 0.717) is 0 Å². The number of hydrogen-bond acceptors (Lipinski definition) is 5. The van der Waals surface area contributed by atoms with Gasteiger partial charge in [-0.3, -0.25) is 0 Å². The lowest BCUT2D eigenvalue weighted by Crippen LogP contribution is -2.44. The molecular formula is C11H20N4S. The number of thiazole rings is 1. The van der Waals surface area contributed by atoms with E-state index in [0.717, 1.165) is 30.5 Å². The van der Waals surface area contributed by atoms with Crippen molar-refractivity contribution in [2.45, 2.75) is 13.3 Å². The number of hydrogen-bond donors (Lipinski definition) is 2. The number of piperazine rings is 1. The third kappa shape index (κ3) is 3.73. The van der Waals surface area contributed by atoms with Crippen molar-refractivity contribution in [3.63, 3.8) is 0 Å². The molecule has 5 heteroatoms. The highest BCUT2D eigenvalue weighted by Gasteiger charge is 2.08. The predicted octanol–water partition coefficient (Wildman–Crippen LogP) is 1.16. The van der Waals surface area contributed by atoms with Crippen molar-refractivity contribution in [1.82, 2.24) is 15.2 Å². The molecule has 0 radical (unpaired) electrons. The second-order valence-electron chi connectivity index (χ2n) is 4.17. The Bertz CT molecular complexity index is 307. The molecule has 1 fully saturated rings. The molecule has 0 aliphatic carbocycles. The number of rotatable bonds is 5. The molecule has 2 heterocycles. The minimum absolute atomic E-state index is 1.02. The highest BCUT2D eigenvalue weighted by Crippen LogP contribution is 2.13. The molecule has 1 aliphatic rings. The summed E-state index contributed by atoms with van der Waals surface area (Å²) in [6, 6.07) is 0. The van der Waals surface area contributed by atoms with Gasteiger partial charge >= 0.3 is 0 Å².